The molecule has 1 aliphatic rings. The highest BCUT2D eigenvalue weighted by Gasteiger charge is 2.23. The first-order valence-electron chi connectivity index (χ1n) is 9.63. The normalized spacial score (nSPS) is 14.2. The predicted molar refractivity (Wildman–Crippen MR) is 114 cm³/mol. The van der Waals surface area contributed by atoms with E-state index in [-0.39, 0.29) is 24.5 Å². The number of benzene rings is 2. The second-order valence-electron chi connectivity index (χ2n) is 6.80. The lowest BCUT2D eigenvalue weighted by Crippen LogP contribution is -2.25. The summed E-state index contributed by atoms with van der Waals surface area (Å²) in [5, 5.41) is 11.6. The number of hydrogen-bond donors (Lipinski definition) is 0. The van der Waals surface area contributed by atoms with Crippen molar-refractivity contribution in [1.29, 1.82) is 0 Å². The minimum atomic E-state index is -0.602. The SMILES string of the molecule is O=C(OCCOc1ccc(Br)cc1)c1ccc(N2CCCCCC2)c([N+](=O)[O-])c1. The van der Waals surface area contributed by atoms with E-state index in [0.29, 0.717) is 11.4 Å². The van der Waals surface area contributed by atoms with Crippen LogP contribution in [0.25, 0.3) is 0 Å². The zero-order valence-corrected chi connectivity index (χ0v) is 17.6. The summed E-state index contributed by atoms with van der Waals surface area (Å²) in [5.41, 5.74) is 0.665. The molecule has 0 amide bonds. The van der Waals surface area contributed by atoms with Crippen molar-refractivity contribution in [1.82, 2.24) is 0 Å². The van der Waals surface area contributed by atoms with Crippen LogP contribution in [-0.2, 0) is 4.74 Å². The Balaban J connectivity index is 1.60. The van der Waals surface area contributed by atoms with Crippen molar-refractivity contribution in [3.8, 4) is 5.75 Å². The summed E-state index contributed by atoms with van der Waals surface area (Å²) < 4.78 is 11.7. The van der Waals surface area contributed by atoms with Gasteiger partial charge in [-0.25, -0.2) is 4.79 Å². The first-order valence-corrected chi connectivity index (χ1v) is 10.4. The van der Waals surface area contributed by atoms with E-state index >= 15 is 0 Å². The lowest BCUT2D eigenvalue weighted by atomic mass is 10.1. The van der Waals surface area contributed by atoms with Gasteiger partial charge in [0.25, 0.3) is 5.69 Å². The quantitative estimate of drug-likeness (QED) is 0.250. The van der Waals surface area contributed by atoms with Crippen molar-refractivity contribution in [3.05, 3.63) is 62.6 Å². The number of hydrogen-bond acceptors (Lipinski definition) is 6. The van der Waals surface area contributed by atoms with Crippen LogP contribution in [0, 0.1) is 10.1 Å². The zero-order valence-electron chi connectivity index (χ0n) is 16.0. The molecule has 1 aliphatic heterocycles. The van der Waals surface area contributed by atoms with Crippen molar-refractivity contribution in [2.75, 3.05) is 31.2 Å². The number of anilines is 1. The maximum absolute atomic E-state index is 12.3. The molecule has 0 spiro atoms. The lowest BCUT2D eigenvalue weighted by molar-refractivity contribution is -0.384. The second-order valence-corrected chi connectivity index (χ2v) is 7.72. The Labute approximate surface area is 177 Å². The third kappa shape index (κ3) is 5.93. The Kier molecular flexibility index (Phi) is 7.46. The van der Waals surface area contributed by atoms with Crippen LogP contribution in [0.15, 0.2) is 46.9 Å². The van der Waals surface area contributed by atoms with Crippen LogP contribution in [0.1, 0.15) is 36.0 Å². The molecule has 2 aromatic rings. The van der Waals surface area contributed by atoms with Crippen molar-refractivity contribution >= 4 is 33.3 Å². The van der Waals surface area contributed by atoms with Gasteiger partial charge in [0.1, 0.15) is 24.7 Å². The van der Waals surface area contributed by atoms with Gasteiger partial charge in [0, 0.05) is 23.6 Å². The average Bonchev–Trinajstić information content (AvgIpc) is 3.01. The smallest absolute Gasteiger partial charge is 0.338 e. The van der Waals surface area contributed by atoms with E-state index in [0.717, 1.165) is 43.2 Å². The molecule has 7 nitrogen and oxygen atoms in total. The number of carbonyl (C=O) groups is 1. The summed E-state index contributed by atoms with van der Waals surface area (Å²) in [6.07, 6.45) is 4.30. The van der Waals surface area contributed by atoms with Gasteiger partial charge in [-0.15, -0.1) is 0 Å². The topological polar surface area (TPSA) is 81.9 Å². The zero-order chi connectivity index (χ0) is 20.6. The molecule has 3 rings (SSSR count). The largest absolute Gasteiger partial charge is 0.490 e. The van der Waals surface area contributed by atoms with E-state index < -0.39 is 10.9 Å². The molecular formula is C21H23BrN2O5. The molecule has 8 heteroatoms. The van der Waals surface area contributed by atoms with E-state index in [1.54, 1.807) is 24.3 Å². The highest BCUT2D eigenvalue weighted by atomic mass is 79.9. The number of nitrogens with zero attached hydrogens (tertiary/aromatic N) is 2. The predicted octanol–water partition coefficient (Wildman–Crippen LogP) is 4.97. The fraction of sp³-hybridized carbons (Fsp3) is 0.381. The van der Waals surface area contributed by atoms with Gasteiger partial charge in [0.05, 0.1) is 10.5 Å². The number of rotatable bonds is 7. The first kappa shape index (κ1) is 21.1. The van der Waals surface area contributed by atoms with Crippen LogP contribution in [0.5, 0.6) is 5.75 Å². The van der Waals surface area contributed by atoms with Gasteiger partial charge in [-0.05, 0) is 49.2 Å². The maximum Gasteiger partial charge on any atom is 0.338 e. The molecular weight excluding hydrogens is 440 g/mol. The molecule has 0 bridgehead atoms. The minimum absolute atomic E-state index is 0.0522. The van der Waals surface area contributed by atoms with Crippen LogP contribution >= 0.6 is 15.9 Å². The monoisotopic (exact) mass is 462 g/mol. The fourth-order valence-corrected chi connectivity index (χ4v) is 3.55. The number of esters is 1. The standard InChI is InChI=1S/C21H23BrN2O5/c22-17-6-8-18(9-7-17)28-13-14-29-21(25)16-5-10-19(20(15-16)24(26)27)23-11-3-1-2-4-12-23/h5-10,15H,1-4,11-14H2. The van der Waals surface area contributed by atoms with Crippen molar-refractivity contribution in [2.24, 2.45) is 0 Å². The highest BCUT2D eigenvalue weighted by Crippen LogP contribution is 2.31. The van der Waals surface area contributed by atoms with Gasteiger partial charge in [-0.3, -0.25) is 10.1 Å². The van der Waals surface area contributed by atoms with Crippen LogP contribution < -0.4 is 9.64 Å². The van der Waals surface area contributed by atoms with Gasteiger partial charge in [-0.1, -0.05) is 28.8 Å². The minimum Gasteiger partial charge on any atom is -0.490 e. The van der Waals surface area contributed by atoms with Crippen LogP contribution in [0.4, 0.5) is 11.4 Å². The third-order valence-corrected chi connectivity index (χ3v) is 5.28. The van der Waals surface area contributed by atoms with E-state index in [1.807, 2.05) is 17.0 Å². The summed E-state index contributed by atoms with van der Waals surface area (Å²) >= 11 is 3.35. The molecule has 0 aromatic heterocycles. The molecule has 29 heavy (non-hydrogen) atoms. The van der Waals surface area contributed by atoms with Crippen molar-refractivity contribution < 1.29 is 19.2 Å². The fourth-order valence-electron chi connectivity index (χ4n) is 3.28. The van der Waals surface area contributed by atoms with Crippen LogP contribution in [-0.4, -0.2) is 37.2 Å². The number of halogens is 1. The molecule has 1 heterocycles. The second kappa shape index (κ2) is 10.2. The summed E-state index contributed by atoms with van der Waals surface area (Å²) in [4.78, 5) is 25.5. The summed E-state index contributed by atoms with van der Waals surface area (Å²) in [5.74, 6) is 0.0663. The van der Waals surface area contributed by atoms with Gasteiger partial charge in [-0.2, -0.15) is 0 Å². The van der Waals surface area contributed by atoms with Crippen LogP contribution in [0.3, 0.4) is 0 Å². The summed E-state index contributed by atoms with van der Waals surface area (Å²) in [6.45, 7) is 1.83. The van der Waals surface area contributed by atoms with E-state index in [2.05, 4.69) is 15.9 Å². The van der Waals surface area contributed by atoms with E-state index in [4.69, 9.17) is 9.47 Å². The van der Waals surface area contributed by atoms with Gasteiger partial charge in [0.2, 0.25) is 0 Å². The Hall–Kier alpha value is -2.61. The summed E-state index contributed by atoms with van der Waals surface area (Å²) in [7, 11) is 0. The molecule has 0 saturated carbocycles. The molecule has 1 fully saturated rings. The van der Waals surface area contributed by atoms with Gasteiger partial charge in [0.15, 0.2) is 0 Å². The molecule has 2 aromatic carbocycles. The van der Waals surface area contributed by atoms with Crippen LogP contribution in [0.2, 0.25) is 0 Å². The van der Waals surface area contributed by atoms with Crippen molar-refractivity contribution in [3.63, 3.8) is 0 Å². The Morgan fingerprint density at radius 1 is 1.03 bits per heavy atom. The number of nitro benzene ring substituents is 1. The Morgan fingerprint density at radius 3 is 2.38 bits per heavy atom. The number of nitro groups is 1. The molecule has 0 N–H and O–H groups in total. The number of ether oxygens (including phenoxy) is 2. The lowest BCUT2D eigenvalue weighted by Gasteiger charge is -2.22. The van der Waals surface area contributed by atoms with E-state index in [9.17, 15) is 14.9 Å². The molecule has 0 radical (unpaired) electrons. The Morgan fingerprint density at radius 2 is 1.72 bits per heavy atom. The average molecular weight is 463 g/mol. The number of carbonyl (C=O) groups excluding carboxylic acids is 1. The van der Waals surface area contributed by atoms with Gasteiger partial charge < -0.3 is 14.4 Å². The molecule has 1 saturated heterocycles. The maximum atomic E-state index is 12.3. The molecule has 0 atom stereocenters. The first-order chi connectivity index (χ1) is 14.0. The van der Waals surface area contributed by atoms with Crippen molar-refractivity contribution in [2.45, 2.75) is 25.7 Å². The molecule has 0 aliphatic carbocycles. The molecule has 0 unspecified atom stereocenters. The Bertz CT molecular complexity index is 849. The highest BCUT2D eigenvalue weighted by molar-refractivity contribution is 9.10. The van der Waals surface area contributed by atoms with E-state index in [1.165, 1.54) is 6.07 Å². The van der Waals surface area contributed by atoms with Gasteiger partial charge >= 0.3 is 5.97 Å². The molecule has 154 valence electrons. The summed E-state index contributed by atoms with van der Waals surface area (Å²) in [6, 6.07) is 11.9. The third-order valence-electron chi connectivity index (χ3n) is 4.75.